The Hall–Kier alpha value is -3.85. The van der Waals surface area contributed by atoms with Crippen LogP contribution in [0.15, 0.2) is 91.3 Å². The fourth-order valence-corrected chi connectivity index (χ4v) is 3.57. The minimum atomic E-state index is -5.66. The van der Waals surface area contributed by atoms with Gasteiger partial charge in [0.25, 0.3) is 11.5 Å². The van der Waals surface area contributed by atoms with Crippen LogP contribution in [0.2, 0.25) is 0 Å². The zero-order valence-corrected chi connectivity index (χ0v) is 29.5. The predicted molar refractivity (Wildman–Crippen MR) is 189 cm³/mol. The number of benzene rings is 1. The molecule has 260 valence electrons. The van der Waals surface area contributed by atoms with Gasteiger partial charge in [-0.1, -0.05) is 124 Å². The summed E-state index contributed by atoms with van der Waals surface area (Å²) in [6.45, 7) is 33.9. The lowest BCUT2D eigenvalue weighted by Gasteiger charge is -2.35. The van der Waals surface area contributed by atoms with Crippen LogP contribution in [0.25, 0.3) is 17.8 Å². The Morgan fingerprint density at radius 1 is 0.870 bits per heavy atom. The molecular formula is C37H55F5N2O2. The molecule has 46 heavy (non-hydrogen) atoms. The number of hydrogen-bond donors (Lipinski definition) is 1. The van der Waals surface area contributed by atoms with Gasteiger partial charge in [-0.15, -0.1) is 6.58 Å². The first kappa shape index (κ1) is 49.0. The summed E-state index contributed by atoms with van der Waals surface area (Å²) in [5.41, 5.74) is -4.95. The van der Waals surface area contributed by atoms with Crippen LogP contribution >= 0.6 is 0 Å². The second-order valence-corrected chi connectivity index (χ2v) is 8.08. The van der Waals surface area contributed by atoms with Crippen molar-refractivity contribution < 1.29 is 27.1 Å². The summed E-state index contributed by atoms with van der Waals surface area (Å²) in [6, 6.07) is 3.49. The normalized spacial score (nSPS) is 11.9. The summed E-state index contributed by atoms with van der Waals surface area (Å²) in [4.78, 5) is 17.8. The van der Waals surface area contributed by atoms with Crippen LogP contribution < -0.4 is 5.56 Å². The second-order valence-electron chi connectivity index (χ2n) is 8.08. The fraction of sp³-hybridized carbons (Fsp3) is 0.405. The highest BCUT2D eigenvalue weighted by molar-refractivity contribution is 5.60. The van der Waals surface area contributed by atoms with E-state index in [0.29, 0.717) is 12.1 Å². The van der Waals surface area contributed by atoms with Gasteiger partial charge < -0.3 is 5.11 Å². The summed E-state index contributed by atoms with van der Waals surface area (Å²) in [5.74, 6) is -4.32. The van der Waals surface area contributed by atoms with E-state index in [1.54, 1.807) is 37.3 Å². The van der Waals surface area contributed by atoms with Crippen molar-refractivity contribution in [2.24, 2.45) is 0 Å². The van der Waals surface area contributed by atoms with Crippen LogP contribution in [-0.4, -0.2) is 26.8 Å². The van der Waals surface area contributed by atoms with Gasteiger partial charge in [0, 0.05) is 13.3 Å². The molecule has 9 heteroatoms. The van der Waals surface area contributed by atoms with Crippen molar-refractivity contribution in [2.75, 3.05) is 0 Å². The third kappa shape index (κ3) is 13.3. The number of aromatic nitrogens is 2. The number of halogens is 5. The van der Waals surface area contributed by atoms with E-state index in [1.807, 2.05) is 62.3 Å². The topological polar surface area (TPSA) is 55.1 Å². The van der Waals surface area contributed by atoms with Gasteiger partial charge in [-0.3, -0.25) is 9.36 Å². The van der Waals surface area contributed by atoms with Gasteiger partial charge in [-0.05, 0) is 43.2 Å². The molecule has 1 aromatic carbocycles. The van der Waals surface area contributed by atoms with Crippen LogP contribution in [0.1, 0.15) is 98.8 Å². The van der Waals surface area contributed by atoms with Gasteiger partial charge >= 0.3 is 6.18 Å². The first-order valence-corrected chi connectivity index (χ1v) is 15.4. The van der Waals surface area contributed by atoms with E-state index in [9.17, 15) is 31.9 Å². The van der Waals surface area contributed by atoms with Crippen molar-refractivity contribution in [3.05, 3.63) is 120 Å². The van der Waals surface area contributed by atoms with Crippen molar-refractivity contribution in [1.29, 1.82) is 0 Å². The molecule has 0 aliphatic rings. The molecule has 0 bridgehead atoms. The zero-order chi connectivity index (χ0) is 37.3. The highest BCUT2D eigenvalue weighted by atomic mass is 19.4. The summed E-state index contributed by atoms with van der Waals surface area (Å²) in [7, 11) is 0. The minimum Gasteiger partial charge on any atom is -0.372 e. The third-order valence-electron chi connectivity index (χ3n) is 5.28. The van der Waals surface area contributed by atoms with Gasteiger partial charge in [0.05, 0.1) is 16.9 Å². The van der Waals surface area contributed by atoms with Crippen LogP contribution in [0.3, 0.4) is 0 Å². The van der Waals surface area contributed by atoms with Crippen molar-refractivity contribution in [1.82, 2.24) is 9.55 Å². The number of aliphatic hydroxyl groups is 1. The molecule has 1 aromatic heterocycles. The first-order chi connectivity index (χ1) is 21.7. The maximum Gasteiger partial charge on any atom is 0.427 e. The molecule has 2 aromatic rings. The van der Waals surface area contributed by atoms with E-state index >= 15 is 0 Å². The van der Waals surface area contributed by atoms with Gasteiger partial charge in [0.1, 0.15) is 5.82 Å². The highest BCUT2D eigenvalue weighted by Gasteiger charge is 2.67. The second kappa shape index (κ2) is 25.4. The molecule has 0 aliphatic carbocycles. The van der Waals surface area contributed by atoms with E-state index in [-0.39, 0.29) is 36.1 Å². The molecule has 1 unspecified atom stereocenters. The Morgan fingerprint density at radius 3 is 1.65 bits per heavy atom. The summed E-state index contributed by atoms with van der Waals surface area (Å²) in [6.07, 6.45) is 5.64. The average molecular weight is 655 g/mol. The SMILES string of the molecule is C=C/C=C(\C=C/C)Cc1nc(C=C)c(C=C)c(=O)n1-c1ccc(C(O)(C(C)(F)F)C(F)(F)F)cc1.C=CC.CC.CC.CC.CC. The molecular weight excluding hydrogens is 599 g/mol. The number of alkyl halides is 5. The van der Waals surface area contributed by atoms with Crippen LogP contribution in [0, 0.1) is 0 Å². The molecule has 1 atom stereocenters. The Kier molecular flexibility index (Phi) is 27.0. The molecule has 2 rings (SSSR count). The molecule has 0 saturated heterocycles. The van der Waals surface area contributed by atoms with Gasteiger partial charge in [0.2, 0.25) is 5.60 Å². The van der Waals surface area contributed by atoms with E-state index in [0.717, 1.165) is 22.3 Å². The first-order valence-electron chi connectivity index (χ1n) is 15.4. The molecule has 0 fully saturated rings. The summed E-state index contributed by atoms with van der Waals surface area (Å²) in [5, 5.41) is 10.0. The molecule has 0 aliphatic heterocycles. The van der Waals surface area contributed by atoms with Crippen LogP contribution in [-0.2, 0) is 12.0 Å². The van der Waals surface area contributed by atoms with Crippen molar-refractivity contribution in [2.45, 2.75) is 100 Å². The standard InChI is InChI=1S/C26H25F5N2O2.C3H6.4C2H6/c1-6-10-17(11-7-2)16-22-32-21(9-4)20(8-3)23(34)33(22)19-14-12-18(13-15-19)25(35,24(5,27)28)26(29,30)31;1-3-2;4*1-2/h6-15,35H,1,3-4,16H2,2,5H3;3H,1H2,2H3;4*1-2H3/b11-7-,17-10+;;;;;. The van der Waals surface area contributed by atoms with E-state index in [1.165, 1.54) is 12.2 Å². The molecule has 1 heterocycles. The zero-order valence-electron chi connectivity index (χ0n) is 29.5. The Balaban J connectivity index is -0.000000716. The number of rotatable bonds is 9. The smallest absolute Gasteiger partial charge is 0.372 e. The quantitative estimate of drug-likeness (QED) is 0.166. The maximum absolute atomic E-state index is 13.9. The van der Waals surface area contributed by atoms with E-state index in [2.05, 4.69) is 31.3 Å². The molecule has 0 spiro atoms. The number of hydrogen-bond acceptors (Lipinski definition) is 3. The lowest BCUT2D eigenvalue weighted by atomic mass is 9.87. The lowest BCUT2D eigenvalue weighted by molar-refractivity contribution is -0.335. The molecule has 1 N–H and O–H groups in total. The Labute approximate surface area is 274 Å². The largest absolute Gasteiger partial charge is 0.427 e. The van der Waals surface area contributed by atoms with Crippen LogP contribution in [0.5, 0.6) is 0 Å². The molecule has 0 radical (unpaired) electrons. The lowest BCUT2D eigenvalue weighted by Crippen LogP contribution is -2.54. The van der Waals surface area contributed by atoms with Crippen molar-refractivity contribution >= 4 is 12.2 Å². The Morgan fingerprint density at radius 2 is 1.33 bits per heavy atom. The monoisotopic (exact) mass is 654 g/mol. The van der Waals surface area contributed by atoms with Crippen molar-refractivity contribution in [3.63, 3.8) is 0 Å². The van der Waals surface area contributed by atoms with Crippen LogP contribution in [0.4, 0.5) is 22.0 Å². The van der Waals surface area contributed by atoms with Crippen molar-refractivity contribution in [3.8, 4) is 5.69 Å². The van der Waals surface area contributed by atoms with Gasteiger partial charge in [-0.2, -0.15) is 13.2 Å². The van der Waals surface area contributed by atoms with E-state index in [4.69, 9.17) is 0 Å². The summed E-state index contributed by atoms with van der Waals surface area (Å²) >= 11 is 0. The Bertz CT molecular complexity index is 1270. The van der Waals surface area contributed by atoms with E-state index < -0.39 is 28.8 Å². The molecule has 0 saturated carbocycles. The predicted octanol–water partition coefficient (Wildman–Crippen LogP) is 11.5. The highest BCUT2D eigenvalue weighted by Crippen LogP contribution is 2.49. The van der Waals surface area contributed by atoms with Gasteiger partial charge in [-0.25, -0.2) is 13.8 Å². The number of allylic oxidation sites excluding steroid dienone is 6. The minimum absolute atomic E-state index is 0.0139. The number of nitrogens with zero attached hydrogens (tertiary/aromatic N) is 2. The molecule has 4 nitrogen and oxygen atoms in total. The fourth-order valence-electron chi connectivity index (χ4n) is 3.57. The average Bonchev–Trinajstić information content (AvgIpc) is 3.04. The molecule has 0 amide bonds. The maximum atomic E-state index is 13.9. The third-order valence-corrected chi connectivity index (χ3v) is 5.28. The van der Waals surface area contributed by atoms with Gasteiger partial charge in [0.15, 0.2) is 0 Å². The summed E-state index contributed by atoms with van der Waals surface area (Å²) < 4.78 is 69.4.